The summed E-state index contributed by atoms with van der Waals surface area (Å²) in [5.74, 6) is -0.133. The molecule has 1 atom stereocenters. The summed E-state index contributed by atoms with van der Waals surface area (Å²) in [7, 11) is 0. The van der Waals surface area contributed by atoms with Gasteiger partial charge in [-0.2, -0.15) is 5.10 Å². The Kier molecular flexibility index (Phi) is 2.54. The van der Waals surface area contributed by atoms with Crippen molar-refractivity contribution >= 4 is 0 Å². The summed E-state index contributed by atoms with van der Waals surface area (Å²) in [5.41, 5.74) is 1.25. The Bertz CT molecular complexity index is 326. The summed E-state index contributed by atoms with van der Waals surface area (Å²) < 4.78 is 15.5. The van der Waals surface area contributed by atoms with Crippen LogP contribution in [0, 0.1) is 12.7 Å². The Hall–Kier alpha value is -0.900. The molecule has 2 heterocycles. The number of rotatable bonds is 2. The predicted octanol–water partition coefficient (Wildman–Crippen LogP) is 1.78. The highest BCUT2D eigenvalue weighted by atomic mass is 19.1. The molecule has 1 aliphatic heterocycles. The van der Waals surface area contributed by atoms with E-state index in [1.54, 1.807) is 11.6 Å². The van der Waals surface area contributed by atoms with Crippen molar-refractivity contribution in [2.45, 2.75) is 39.3 Å². The number of aromatic nitrogens is 2. The summed E-state index contributed by atoms with van der Waals surface area (Å²) in [4.78, 5) is 0. The van der Waals surface area contributed by atoms with Gasteiger partial charge in [0, 0.05) is 6.54 Å². The quantitative estimate of drug-likeness (QED) is 0.783. The standard InChI is InChI=1S/C10H16FN3/c1-3-14-7(2)9(11)10(13-14)8-5-4-6-12-8/h8,12H,3-6H2,1-2H3. The van der Waals surface area contributed by atoms with Gasteiger partial charge in [-0.25, -0.2) is 4.39 Å². The van der Waals surface area contributed by atoms with Crippen LogP contribution in [0.1, 0.15) is 37.2 Å². The van der Waals surface area contributed by atoms with Crippen LogP contribution in [0.15, 0.2) is 0 Å². The van der Waals surface area contributed by atoms with E-state index >= 15 is 0 Å². The van der Waals surface area contributed by atoms with Crippen LogP contribution in [0.5, 0.6) is 0 Å². The zero-order chi connectivity index (χ0) is 10.1. The van der Waals surface area contributed by atoms with Gasteiger partial charge in [-0.05, 0) is 33.2 Å². The van der Waals surface area contributed by atoms with Crippen LogP contribution < -0.4 is 5.32 Å². The molecule has 0 spiro atoms. The van der Waals surface area contributed by atoms with E-state index in [0.29, 0.717) is 11.4 Å². The molecular weight excluding hydrogens is 181 g/mol. The lowest BCUT2D eigenvalue weighted by Gasteiger charge is -2.05. The number of halogens is 1. The largest absolute Gasteiger partial charge is 0.308 e. The molecule has 0 saturated carbocycles. The van der Waals surface area contributed by atoms with E-state index in [1.807, 2.05) is 6.92 Å². The molecule has 3 nitrogen and oxygen atoms in total. The van der Waals surface area contributed by atoms with Gasteiger partial charge in [0.1, 0.15) is 5.69 Å². The van der Waals surface area contributed by atoms with Crippen LogP contribution in [0.4, 0.5) is 4.39 Å². The highest BCUT2D eigenvalue weighted by Crippen LogP contribution is 2.25. The highest BCUT2D eigenvalue weighted by molar-refractivity contribution is 5.17. The van der Waals surface area contributed by atoms with E-state index in [2.05, 4.69) is 10.4 Å². The lowest BCUT2D eigenvalue weighted by molar-refractivity contribution is 0.546. The number of hydrogen-bond donors (Lipinski definition) is 1. The molecule has 1 aromatic rings. The summed E-state index contributed by atoms with van der Waals surface area (Å²) in [6.07, 6.45) is 2.11. The second-order valence-corrected chi connectivity index (χ2v) is 3.75. The van der Waals surface area contributed by atoms with Crippen LogP contribution >= 0.6 is 0 Å². The van der Waals surface area contributed by atoms with Crippen LogP contribution in [-0.2, 0) is 6.54 Å². The molecule has 1 saturated heterocycles. The van der Waals surface area contributed by atoms with E-state index in [1.165, 1.54) is 0 Å². The number of hydrogen-bond acceptors (Lipinski definition) is 2. The van der Waals surface area contributed by atoms with Crippen molar-refractivity contribution in [2.75, 3.05) is 6.54 Å². The molecule has 0 radical (unpaired) electrons. The maximum atomic E-state index is 13.7. The first kappa shape index (κ1) is 9.65. The van der Waals surface area contributed by atoms with E-state index < -0.39 is 0 Å². The molecule has 1 fully saturated rings. The second kappa shape index (κ2) is 3.69. The lowest BCUT2D eigenvalue weighted by atomic mass is 10.1. The van der Waals surface area contributed by atoms with Gasteiger partial charge >= 0.3 is 0 Å². The van der Waals surface area contributed by atoms with Crippen molar-refractivity contribution in [1.82, 2.24) is 15.1 Å². The first-order valence-corrected chi connectivity index (χ1v) is 5.20. The number of aryl methyl sites for hydroxylation is 1. The zero-order valence-electron chi connectivity index (χ0n) is 8.68. The first-order chi connectivity index (χ1) is 6.74. The van der Waals surface area contributed by atoms with E-state index in [9.17, 15) is 4.39 Å². The zero-order valence-corrected chi connectivity index (χ0v) is 8.68. The fourth-order valence-electron chi connectivity index (χ4n) is 2.00. The van der Waals surface area contributed by atoms with Gasteiger partial charge in [-0.1, -0.05) is 0 Å². The molecule has 0 bridgehead atoms. The molecule has 1 unspecified atom stereocenters. The molecule has 0 amide bonds. The van der Waals surface area contributed by atoms with Crippen molar-refractivity contribution < 1.29 is 4.39 Å². The van der Waals surface area contributed by atoms with Crippen molar-refractivity contribution in [3.63, 3.8) is 0 Å². The fraction of sp³-hybridized carbons (Fsp3) is 0.700. The lowest BCUT2D eigenvalue weighted by Crippen LogP contribution is -2.14. The molecule has 1 aromatic heterocycles. The average molecular weight is 197 g/mol. The smallest absolute Gasteiger partial charge is 0.168 e. The highest BCUT2D eigenvalue weighted by Gasteiger charge is 2.24. The second-order valence-electron chi connectivity index (χ2n) is 3.75. The molecule has 0 aliphatic carbocycles. The van der Waals surface area contributed by atoms with Crippen molar-refractivity contribution in [2.24, 2.45) is 0 Å². The summed E-state index contributed by atoms with van der Waals surface area (Å²) >= 11 is 0. The Morgan fingerprint density at radius 1 is 1.64 bits per heavy atom. The van der Waals surface area contributed by atoms with Crippen LogP contribution in [0.3, 0.4) is 0 Å². The van der Waals surface area contributed by atoms with Crippen LogP contribution in [-0.4, -0.2) is 16.3 Å². The molecule has 14 heavy (non-hydrogen) atoms. The average Bonchev–Trinajstić information content (AvgIpc) is 2.78. The molecule has 4 heteroatoms. The maximum absolute atomic E-state index is 13.7. The van der Waals surface area contributed by atoms with Gasteiger partial charge in [0.15, 0.2) is 5.82 Å². The monoisotopic (exact) mass is 197 g/mol. The van der Waals surface area contributed by atoms with Gasteiger partial charge in [0.25, 0.3) is 0 Å². The van der Waals surface area contributed by atoms with E-state index in [-0.39, 0.29) is 11.9 Å². The third-order valence-electron chi connectivity index (χ3n) is 2.85. The minimum absolute atomic E-state index is 0.126. The SMILES string of the molecule is CCn1nc(C2CCCN2)c(F)c1C. The van der Waals surface area contributed by atoms with Crippen molar-refractivity contribution in [3.05, 3.63) is 17.2 Å². The Morgan fingerprint density at radius 3 is 2.93 bits per heavy atom. The minimum atomic E-state index is -0.133. The Labute approximate surface area is 83.3 Å². The normalized spacial score (nSPS) is 21.8. The van der Waals surface area contributed by atoms with E-state index in [0.717, 1.165) is 25.9 Å². The first-order valence-electron chi connectivity index (χ1n) is 5.20. The summed E-state index contributed by atoms with van der Waals surface area (Å²) in [5, 5.41) is 7.55. The topological polar surface area (TPSA) is 29.9 Å². The molecule has 1 aliphatic rings. The summed E-state index contributed by atoms with van der Waals surface area (Å²) in [6.45, 7) is 5.47. The fourth-order valence-corrected chi connectivity index (χ4v) is 2.00. The molecule has 1 N–H and O–H groups in total. The van der Waals surface area contributed by atoms with Gasteiger partial charge in [0.05, 0.1) is 11.7 Å². The van der Waals surface area contributed by atoms with Gasteiger partial charge in [0.2, 0.25) is 0 Å². The van der Waals surface area contributed by atoms with Crippen molar-refractivity contribution in [3.8, 4) is 0 Å². The van der Waals surface area contributed by atoms with Gasteiger partial charge in [-0.15, -0.1) is 0 Å². The van der Waals surface area contributed by atoms with Crippen LogP contribution in [0.2, 0.25) is 0 Å². The third-order valence-corrected chi connectivity index (χ3v) is 2.85. The van der Waals surface area contributed by atoms with Crippen molar-refractivity contribution in [1.29, 1.82) is 0 Å². The molecule has 0 aromatic carbocycles. The minimum Gasteiger partial charge on any atom is -0.308 e. The van der Waals surface area contributed by atoms with Crippen LogP contribution in [0.25, 0.3) is 0 Å². The molecule has 78 valence electrons. The number of nitrogens with zero attached hydrogens (tertiary/aromatic N) is 2. The Balaban J connectivity index is 2.32. The maximum Gasteiger partial charge on any atom is 0.168 e. The number of nitrogens with one attached hydrogen (secondary N) is 1. The summed E-state index contributed by atoms with van der Waals surface area (Å²) in [6, 6.07) is 0.126. The van der Waals surface area contributed by atoms with Gasteiger partial charge in [-0.3, -0.25) is 4.68 Å². The van der Waals surface area contributed by atoms with Gasteiger partial charge < -0.3 is 5.32 Å². The molecule has 2 rings (SSSR count). The third kappa shape index (κ3) is 1.43. The molecular formula is C10H16FN3. The Morgan fingerprint density at radius 2 is 2.43 bits per heavy atom. The van der Waals surface area contributed by atoms with E-state index in [4.69, 9.17) is 0 Å². The predicted molar refractivity (Wildman–Crippen MR) is 52.6 cm³/mol.